The molecule has 0 radical (unpaired) electrons. The molecule has 0 spiro atoms. The topological polar surface area (TPSA) is 116 Å². The number of hydrogen-bond donors (Lipinski definition) is 1. The number of nitrogens with one attached hydrogen (secondary N) is 1. The van der Waals surface area contributed by atoms with E-state index in [2.05, 4.69) is 5.32 Å². The second-order valence-electron chi connectivity index (χ2n) is 8.56. The van der Waals surface area contributed by atoms with E-state index in [0.717, 1.165) is 23.6 Å². The molecule has 0 unspecified atom stereocenters. The van der Waals surface area contributed by atoms with Crippen molar-refractivity contribution in [2.24, 2.45) is 5.92 Å². The number of nitrogens with zero attached hydrogens (tertiary/aromatic N) is 3. The van der Waals surface area contributed by atoms with E-state index in [0.29, 0.717) is 38.2 Å². The Hall–Kier alpha value is -1.73. The van der Waals surface area contributed by atoms with Gasteiger partial charge in [-0.15, -0.1) is 0 Å². The van der Waals surface area contributed by atoms with Gasteiger partial charge in [-0.1, -0.05) is 6.42 Å². The Morgan fingerprint density at radius 3 is 2.27 bits per heavy atom. The lowest BCUT2D eigenvalue weighted by Gasteiger charge is -2.32. The molecule has 2 heterocycles. The first-order valence-electron chi connectivity index (χ1n) is 11.3. The van der Waals surface area contributed by atoms with Gasteiger partial charge in [-0.2, -0.15) is 21.3 Å². The molecular weight excluding hydrogens is 468 g/mol. The minimum Gasteiger partial charge on any atom is -0.492 e. The first kappa shape index (κ1) is 25.9. The summed E-state index contributed by atoms with van der Waals surface area (Å²) in [6, 6.07) is 6.31. The van der Waals surface area contributed by atoms with Crippen molar-refractivity contribution in [1.82, 2.24) is 18.2 Å². The predicted octanol–water partition coefficient (Wildman–Crippen LogP) is 0.875. The number of ether oxygens (including phenoxy) is 1. The van der Waals surface area contributed by atoms with Crippen LogP contribution in [0.3, 0.4) is 0 Å². The van der Waals surface area contributed by atoms with Crippen LogP contribution in [-0.4, -0.2) is 89.1 Å². The van der Waals surface area contributed by atoms with E-state index in [1.165, 1.54) is 22.7 Å². The second kappa shape index (κ2) is 11.1. The van der Waals surface area contributed by atoms with Crippen LogP contribution in [-0.2, 0) is 25.0 Å². The quantitative estimate of drug-likeness (QED) is 0.501. The highest BCUT2D eigenvalue weighted by Crippen LogP contribution is 2.23. The minimum absolute atomic E-state index is 0.167. The lowest BCUT2D eigenvalue weighted by molar-refractivity contribution is -0.126. The molecule has 1 aromatic rings. The van der Waals surface area contributed by atoms with Crippen LogP contribution in [0.5, 0.6) is 5.75 Å². The summed E-state index contributed by atoms with van der Waals surface area (Å²) in [6.07, 6.45) is 4.10. The van der Waals surface area contributed by atoms with Crippen LogP contribution in [0.4, 0.5) is 0 Å². The third kappa shape index (κ3) is 6.44. The molecule has 186 valence electrons. The molecule has 2 fully saturated rings. The van der Waals surface area contributed by atoms with Gasteiger partial charge in [0.05, 0.1) is 17.4 Å². The van der Waals surface area contributed by atoms with Crippen molar-refractivity contribution >= 4 is 26.1 Å². The van der Waals surface area contributed by atoms with Crippen molar-refractivity contribution < 1.29 is 26.4 Å². The van der Waals surface area contributed by atoms with Gasteiger partial charge in [0.15, 0.2) is 0 Å². The fourth-order valence-corrected chi connectivity index (χ4v) is 6.75. The summed E-state index contributed by atoms with van der Waals surface area (Å²) in [5, 5.41) is 2.80. The first-order chi connectivity index (χ1) is 15.6. The summed E-state index contributed by atoms with van der Waals surface area (Å²) in [7, 11) is -4.05. The maximum Gasteiger partial charge on any atom is 0.281 e. The summed E-state index contributed by atoms with van der Waals surface area (Å²) in [4.78, 5) is 12.7. The summed E-state index contributed by atoms with van der Waals surface area (Å²) in [5.41, 5.74) is 0. The molecule has 12 heteroatoms. The lowest BCUT2D eigenvalue weighted by atomic mass is 9.99. The van der Waals surface area contributed by atoms with Crippen LogP contribution in [0.1, 0.15) is 32.1 Å². The van der Waals surface area contributed by atoms with E-state index in [1.54, 1.807) is 24.3 Å². The molecule has 2 saturated heterocycles. The van der Waals surface area contributed by atoms with Crippen LogP contribution >= 0.6 is 0 Å². The van der Waals surface area contributed by atoms with Crippen LogP contribution < -0.4 is 10.1 Å². The third-order valence-electron chi connectivity index (χ3n) is 5.99. The Bertz CT molecular complexity index is 1010. The molecule has 1 amide bonds. The van der Waals surface area contributed by atoms with Gasteiger partial charge in [-0.25, -0.2) is 8.42 Å². The molecule has 0 aliphatic carbocycles. The molecule has 1 aromatic carbocycles. The SMILES string of the molecule is CN(C)S(=O)(=O)N1CCC[C@@H](C(=O)NCCOc2ccc(S(=O)(=O)N3CCCCC3)cc2)C1. The van der Waals surface area contributed by atoms with Crippen molar-refractivity contribution in [2.75, 3.05) is 53.4 Å². The summed E-state index contributed by atoms with van der Waals surface area (Å²) in [6.45, 7) is 2.18. The number of hydrogen-bond acceptors (Lipinski definition) is 6. The highest BCUT2D eigenvalue weighted by atomic mass is 32.2. The Balaban J connectivity index is 1.44. The molecule has 3 rings (SSSR count). The number of sulfonamides is 1. The summed E-state index contributed by atoms with van der Waals surface area (Å²) >= 11 is 0. The highest BCUT2D eigenvalue weighted by Gasteiger charge is 2.33. The van der Waals surface area contributed by atoms with E-state index in [4.69, 9.17) is 4.74 Å². The number of carbonyl (C=O) groups is 1. The van der Waals surface area contributed by atoms with E-state index < -0.39 is 26.2 Å². The van der Waals surface area contributed by atoms with Gasteiger partial charge in [-0.05, 0) is 49.9 Å². The average molecular weight is 503 g/mol. The third-order valence-corrected chi connectivity index (χ3v) is 9.81. The molecule has 10 nitrogen and oxygen atoms in total. The predicted molar refractivity (Wildman–Crippen MR) is 124 cm³/mol. The van der Waals surface area contributed by atoms with Gasteiger partial charge in [0.1, 0.15) is 12.4 Å². The molecule has 0 saturated carbocycles. The van der Waals surface area contributed by atoms with Gasteiger partial charge in [-0.3, -0.25) is 4.79 Å². The fourth-order valence-electron chi connectivity index (χ4n) is 4.05. The van der Waals surface area contributed by atoms with Gasteiger partial charge in [0, 0.05) is 40.3 Å². The Morgan fingerprint density at radius 2 is 1.64 bits per heavy atom. The van der Waals surface area contributed by atoms with Crippen LogP contribution in [0, 0.1) is 5.92 Å². The highest BCUT2D eigenvalue weighted by molar-refractivity contribution is 7.89. The average Bonchev–Trinajstić information content (AvgIpc) is 2.82. The van der Waals surface area contributed by atoms with E-state index >= 15 is 0 Å². The monoisotopic (exact) mass is 502 g/mol. The number of amides is 1. The zero-order valence-corrected chi connectivity index (χ0v) is 20.9. The Morgan fingerprint density at radius 1 is 1.00 bits per heavy atom. The van der Waals surface area contributed by atoms with Crippen LogP contribution in [0.15, 0.2) is 29.2 Å². The molecule has 2 aliphatic heterocycles. The van der Waals surface area contributed by atoms with Gasteiger partial charge < -0.3 is 10.1 Å². The largest absolute Gasteiger partial charge is 0.492 e. The standard InChI is InChI=1S/C21H34N4O6S2/c1-23(2)33(29,30)25-15-6-7-18(17-25)21(26)22-12-16-31-19-8-10-20(11-9-19)32(27,28)24-13-4-3-5-14-24/h8-11,18H,3-7,12-17H2,1-2H3,(H,22,26)/t18-/m1/s1. The van der Waals surface area contributed by atoms with Crippen molar-refractivity contribution in [3.05, 3.63) is 24.3 Å². The first-order valence-corrected chi connectivity index (χ1v) is 14.1. The molecule has 1 N–H and O–H groups in total. The second-order valence-corrected chi connectivity index (χ2v) is 12.6. The maximum atomic E-state index is 12.7. The van der Waals surface area contributed by atoms with Crippen molar-refractivity contribution in [3.8, 4) is 5.75 Å². The summed E-state index contributed by atoms with van der Waals surface area (Å²) in [5.74, 6) is -0.0734. The molecule has 1 atom stereocenters. The minimum atomic E-state index is -3.53. The van der Waals surface area contributed by atoms with Crippen molar-refractivity contribution in [1.29, 1.82) is 0 Å². The Kier molecular flexibility index (Phi) is 8.73. The van der Waals surface area contributed by atoms with Gasteiger partial charge in [0.25, 0.3) is 10.2 Å². The normalized spacial score (nSPS) is 21.1. The maximum absolute atomic E-state index is 12.7. The molecule has 0 aromatic heterocycles. The molecular formula is C21H34N4O6S2. The zero-order chi connectivity index (χ0) is 24.1. The number of carbonyl (C=O) groups excluding carboxylic acids is 1. The van der Waals surface area contributed by atoms with Gasteiger partial charge in [0.2, 0.25) is 15.9 Å². The van der Waals surface area contributed by atoms with Gasteiger partial charge >= 0.3 is 0 Å². The smallest absolute Gasteiger partial charge is 0.281 e. The van der Waals surface area contributed by atoms with Crippen LogP contribution in [0.25, 0.3) is 0 Å². The fraction of sp³-hybridized carbons (Fsp3) is 0.667. The van der Waals surface area contributed by atoms with Crippen molar-refractivity contribution in [3.63, 3.8) is 0 Å². The zero-order valence-electron chi connectivity index (χ0n) is 19.3. The number of benzene rings is 1. The van der Waals surface area contributed by atoms with Crippen LogP contribution in [0.2, 0.25) is 0 Å². The molecule has 0 bridgehead atoms. The van der Waals surface area contributed by atoms with E-state index in [9.17, 15) is 21.6 Å². The van der Waals surface area contributed by atoms with E-state index in [1.807, 2.05) is 0 Å². The van der Waals surface area contributed by atoms with Crippen molar-refractivity contribution in [2.45, 2.75) is 37.0 Å². The molecule has 2 aliphatic rings. The summed E-state index contributed by atoms with van der Waals surface area (Å²) < 4.78 is 59.7. The number of rotatable bonds is 9. The number of piperidine rings is 2. The molecule has 33 heavy (non-hydrogen) atoms. The lowest BCUT2D eigenvalue weighted by Crippen LogP contribution is -2.49. The Labute approximate surface area is 197 Å². The van der Waals surface area contributed by atoms with E-state index in [-0.39, 0.29) is 30.5 Å².